The lowest BCUT2D eigenvalue weighted by molar-refractivity contribution is -0.137. The van der Waals surface area contributed by atoms with Crippen molar-refractivity contribution in [3.63, 3.8) is 0 Å². The molecule has 0 spiro atoms. The van der Waals surface area contributed by atoms with Gasteiger partial charge in [-0.1, -0.05) is 0 Å². The molecule has 9 nitrogen and oxygen atoms in total. The van der Waals surface area contributed by atoms with Crippen LogP contribution in [-0.2, 0) is 12.7 Å². The summed E-state index contributed by atoms with van der Waals surface area (Å²) >= 11 is 0. The van der Waals surface area contributed by atoms with E-state index in [4.69, 9.17) is 5.73 Å². The Morgan fingerprint density at radius 3 is 2.53 bits per heavy atom. The standard InChI is InChI=1S/C22H26F3N7O2/c23-22(24,25)14-7-13(10-30-11-16-17(12-30)19(16)26)8-15(9-14)32-4-1-18(29-21(32)34)28-20(33)31-5-2-27-3-6-31/h1,4,7-9,16-17,19,27H,2-3,5-6,10-12,26H2,(H,28,29,33,34)/t16-,17+,19?. The maximum Gasteiger partial charge on any atom is 0.416 e. The SMILES string of the molecule is NC1[C@H]2CN(Cc3cc(-n4ccc(NC(=O)N5CCNCC5)nc4=O)cc(C(F)(F)F)c3)C[C@@H]12. The summed E-state index contributed by atoms with van der Waals surface area (Å²) in [7, 11) is 0. The smallest absolute Gasteiger partial charge is 0.327 e. The predicted molar refractivity (Wildman–Crippen MR) is 119 cm³/mol. The maximum absolute atomic E-state index is 13.6. The summed E-state index contributed by atoms with van der Waals surface area (Å²) in [4.78, 5) is 32.6. The molecule has 1 saturated carbocycles. The Labute approximate surface area is 193 Å². The van der Waals surface area contributed by atoms with E-state index < -0.39 is 17.4 Å². The first-order chi connectivity index (χ1) is 16.2. The molecule has 2 saturated heterocycles. The number of piperidine rings is 1. The minimum Gasteiger partial charge on any atom is -0.327 e. The highest BCUT2D eigenvalue weighted by Gasteiger charge is 2.53. The molecule has 1 aromatic carbocycles. The summed E-state index contributed by atoms with van der Waals surface area (Å²) in [6, 6.07) is 4.84. The van der Waals surface area contributed by atoms with Crippen molar-refractivity contribution in [2.75, 3.05) is 44.6 Å². The number of hydrogen-bond acceptors (Lipinski definition) is 6. The highest BCUT2D eigenvalue weighted by Crippen LogP contribution is 2.44. The number of benzene rings is 1. The number of carbonyl (C=O) groups excluding carboxylic acids is 1. The number of piperazine rings is 1. The largest absolute Gasteiger partial charge is 0.416 e. The van der Waals surface area contributed by atoms with Crippen molar-refractivity contribution >= 4 is 11.8 Å². The molecule has 1 unspecified atom stereocenters. The van der Waals surface area contributed by atoms with E-state index in [9.17, 15) is 22.8 Å². The number of amides is 2. The zero-order chi connectivity index (χ0) is 24.0. The van der Waals surface area contributed by atoms with E-state index in [1.165, 1.54) is 12.3 Å². The van der Waals surface area contributed by atoms with Gasteiger partial charge < -0.3 is 16.0 Å². The van der Waals surface area contributed by atoms with Gasteiger partial charge in [-0.05, 0) is 41.7 Å². The molecule has 3 aliphatic rings. The van der Waals surface area contributed by atoms with E-state index in [0.29, 0.717) is 50.1 Å². The minimum absolute atomic E-state index is 0.0459. The van der Waals surface area contributed by atoms with Gasteiger partial charge in [0.1, 0.15) is 5.82 Å². The summed E-state index contributed by atoms with van der Waals surface area (Å²) in [6.45, 7) is 4.27. The number of hydrogen-bond donors (Lipinski definition) is 3. The Morgan fingerprint density at radius 2 is 1.88 bits per heavy atom. The van der Waals surface area contributed by atoms with E-state index >= 15 is 0 Å². The van der Waals surface area contributed by atoms with Gasteiger partial charge in [0.05, 0.1) is 11.3 Å². The van der Waals surface area contributed by atoms with Gasteiger partial charge in [-0.25, -0.2) is 9.59 Å². The van der Waals surface area contributed by atoms with Crippen molar-refractivity contribution in [1.82, 2.24) is 24.7 Å². The topological polar surface area (TPSA) is 109 Å². The minimum atomic E-state index is -4.56. The third-order valence-corrected chi connectivity index (χ3v) is 6.77. The lowest BCUT2D eigenvalue weighted by atomic mass is 10.1. The third-order valence-electron chi connectivity index (χ3n) is 6.77. The summed E-state index contributed by atoms with van der Waals surface area (Å²) in [5.41, 5.74) is 4.88. The molecule has 34 heavy (non-hydrogen) atoms. The quantitative estimate of drug-likeness (QED) is 0.608. The number of urea groups is 1. The van der Waals surface area contributed by atoms with Gasteiger partial charge >= 0.3 is 17.9 Å². The number of fused-ring (bicyclic) bond motifs is 1. The molecule has 1 aromatic heterocycles. The molecule has 12 heteroatoms. The van der Waals surface area contributed by atoms with Crippen molar-refractivity contribution in [3.8, 4) is 5.69 Å². The van der Waals surface area contributed by atoms with Crippen molar-refractivity contribution in [3.05, 3.63) is 52.1 Å². The molecule has 3 atom stereocenters. The predicted octanol–water partition coefficient (Wildman–Crippen LogP) is 1.08. The molecule has 1 aliphatic carbocycles. The van der Waals surface area contributed by atoms with Crippen LogP contribution in [0, 0.1) is 11.8 Å². The summed E-state index contributed by atoms with van der Waals surface area (Å²) in [6.07, 6.45) is -3.24. The fraction of sp³-hybridized carbons (Fsp3) is 0.500. The van der Waals surface area contributed by atoms with Crippen LogP contribution in [0.4, 0.5) is 23.8 Å². The van der Waals surface area contributed by atoms with Gasteiger partial charge in [-0.2, -0.15) is 18.2 Å². The second-order valence-electron chi connectivity index (χ2n) is 9.12. The first kappa shape index (κ1) is 22.8. The Morgan fingerprint density at radius 1 is 1.18 bits per heavy atom. The van der Waals surface area contributed by atoms with Gasteiger partial charge in [0.25, 0.3) is 0 Å². The Hall–Kier alpha value is -2.96. The zero-order valence-corrected chi connectivity index (χ0v) is 18.4. The first-order valence-electron chi connectivity index (χ1n) is 11.2. The van der Waals surface area contributed by atoms with E-state index in [1.54, 1.807) is 11.0 Å². The fourth-order valence-corrected chi connectivity index (χ4v) is 4.84. The molecule has 3 heterocycles. The maximum atomic E-state index is 13.6. The number of halogens is 3. The highest BCUT2D eigenvalue weighted by atomic mass is 19.4. The van der Waals surface area contributed by atoms with Crippen molar-refractivity contribution < 1.29 is 18.0 Å². The fourth-order valence-electron chi connectivity index (χ4n) is 4.84. The molecule has 182 valence electrons. The second kappa shape index (κ2) is 8.67. The van der Waals surface area contributed by atoms with Crippen LogP contribution in [0.3, 0.4) is 0 Å². The van der Waals surface area contributed by atoms with Crippen LogP contribution < -0.4 is 22.1 Å². The number of anilines is 1. The van der Waals surface area contributed by atoms with Crippen molar-refractivity contribution in [1.29, 1.82) is 0 Å². The van der Waals surface area contributed by atoms with Crippen LogP contribution in [0.25, 0.3) is 5.69 Å². The number of nitrogens with one attached hydrogen (secondary N) is 2. The van der Waals surface area contributed by atoms with Crippen molar-refractivity contribution in [2.45, 2.75) is 18.8 Å². The van der Waals surface area contributed by atoms with E-state index in [-0.39, 0.29) is 23.6 Å². The monoisotopic (exact) mass is 477 g/mol. The van der Waals surface area contributed by atoms with Crippen LogP contribution in [0.5, 0.6) is 0 Å². The normalized spacial score (nSPS) is 24.7. The molecule has 4 N–H and O–H groups in total. The second-order valence-corrected chi connectivity index (χ2v) is 9.12. The molecular weight excluding hydrogens is 451 g/mol. The summed E-state index contributed by atoms with van der Waals surface area (Å²) < 4.78 is 41.8. The molecule has 2 amide bonds. The van der Waals surface area contributed by atoms with E-state index in [1.807, 2.05) is 0 Å². The molecule has 2 aromatic rings. The van der Waals surface area contributed by atoms with Crippen LogP contribution in [-0.4, -0.2) is 70.7 Å². The lowest BCUT2D eigenvalue weighted by Crippen LogP contribution is -2.48. The Balaban J connectivity index is 1.37. The molecule has 0 bridgehead atoms. The average molecular weight is 477 g/mol. The van der Waals surface area contributed by atoms with E-state index in [2.05, 4.69) is 20.5 Å². The number of aromatic nitrogens is 2. The first-order valence-corrected chi connectivity index (χ1v) is 11.2. The number of carbonyl (C=O) groups is 1. The highest BCUT2D eigenvalue weighted by molar-refractivity contribution is 5.88. The average Bonchev–Trinajstić information content (AvgIpc) is 3.18. The number of nitrogens with two attached hydrogens (primary N) is 1. The third kappa shape index (κ3) is 4.65. The Kier molecular flexibility index (Phi) is 5.82. The van der Waals surface area contributed by atoms with Gasteiger partial charge in [0.15, 0.2) is 0 Å². The number of rotatable bonds is 4. The van der Waals surface area contributed by atoms with E-state index in [0.717, 1.165) is 29.8 Å². The number of alkyl halides is 3. The van der Waals surface area contributed by atoms with Crippen LogP contribution in [0.2, 0.25) is 0 Å². The number of nitrogens with zero attached hydrogens (tertiary/aromatic N) is 4. The van der Waals surface area contributed by atoms with Gasteiger partial charge in [0, 0.05) is 58.1 Å². The summed E-state index contributed by atoms with van der Waals surface area (Å²) in [5.74, 6) is 0.881. The number of likely N-dealkylation sites (tertiary alicyclic amines) is 1. The lowest BCUT2D eigenvalue weighted by Gasteiger charge is -2.27. The van der Waals surface area contributed by atoms with Crippen LogP contribution in [0.15, 0.2) is 35.3 Å². The molecule has 3 fully saturated rings. The molecule has 2 aliphatic heterocycles. The molecule has 0 radical (unpaired) electrons. The van der Waals surface area contributed by atoms with Crippen molar-refractivity contribution in [2.24, 2.45) is 17.6 Å². The molecule has 5 rings (SSSR count). The molecular formula is C22H26F3N7O2. The Bertz CT molecular complexity index is 1130. The summed E-state index contributed by atoms with van der Waals surface area (Å²) in [5, 5.41) is 5.71. The van der Waals surface area contributed by atoms with Gasteiger partial charge in [-0.15, -0.1) is 0 Å². The van der Waals surface area contributed by atoms with Crippen LogP contribution >= 0.6 is 0 Å². The zero-order valence-electron chi connectivity index (χ0n) is 18.4. The van der Waals surface area contributed by atoms with Gasteiger partial charge in [-0.3, -0.25) is 14.8 Å². The van der Waals surface area contributed by atoms with Gasteiger partial charge in [0.2, 0.25) is 0 Å². The van der Waals surface area contributed by atoms with Crippen LogP contribution in [0.1, 0.15) is 11.1 Å².